The summed E-state index contributed by atoms with van der Waals surface area (Å²) in [7, 11) is 0. The van der Waals surface area contributed by atoms with Crippen LogP contribution in [0.5, 0.6) is 5.75 Å². The maximum atomic E-state index is 11.4. The van der Waals surface area contributed by atoms with Gasteiger partial charge in [-0.05, 0) is 73.7 Å². The quantitative estimate of drug-likeness (QED) is 0.256. The zero-order valence-corrected chi connectivity index (χ0v) is 27.0. The molecule has 0 amide bonds. The van der Waals surface area contributed by atoms with Gasteiger partial charge in [0.2, 0.25) is 0 Å². The van der Waals surface area contributed by atoms with Crippen LogP contribution in [0, 0.1) is 5.92 Å². The molecule has 5 nitrogen and oxygen atoms in total. The van der Waals surface area contributed by atoms with Crippen molar-refractivity contribution >= 4 is 40.2 Å². The number of aliphatic hydroxyl groups is 1. The average Bonchev–Trinajstić information content (AvgIpc) is 2.91. The summed E-state index contributed by atoms with van der Waals surface area (Å²) in [6.45, 7) is 5.56. The third-order valence-electron chi connectivity index (χ3n) is 6.63. The molecular formula is C32H33ClNNaO4S. The average molecular weight is 586 g/mol. The number of carboxylic acid groups (broad SMARTS) is 1. The normalized spacial score (nSPS) is 12.9. The Morgan fingerprint density at radius 3 is 2.58 bits per heavy atom. The number of carbonyl (C=O) groups excluding carboxylic acids is 1. The van der Waals surface area contributed by atoms with Crippen molar-refractivity contribution in [2.75, 3.05) is 5.75 Å². The van der Waals surface area contributed by atoms with E-state index in [1.165, 1.54) is 0 Å². The molecule has 2 atom stereocenters. The Balaban J connectivity index is 0.00000441. The van der Waals surface area contributed by atoms with Gasteiger partial charge in [0.05, 0.1) is 16.8 Å². The molecule has 40 heavy (non-hydrogen) atoms. The molecule has 0 bridgehead atoms. The molecule has 204 valence electrons. The summed E-state index contributed by atoms with van der Waals surface area (Å²) in [5, 5.41) is 23.7. The van der Waals surface area contributed by atoms with Crippen LogP contribution in [-0.4, -0.2) is 21.8 Å². The monoisotopic (exact) mass is 585 g/mol. The molecule has 0 saturated heterocycles. The molecule has 1 heterocycles. The Kier molecular flexibility index (Phi) is 11.9. The standard InChI is InChI=1S/C32H34ClNO4S.Na/c1-21(31(35)36)20-39-30(16-13-22-7-4-5-10-28(22)32(2,3)37)24-8-6-9-27(17-24)38-19-26-15-12-23-11-14-25(33)18-29(23)34-26;/h4-12,14-15,17-18,21,30,37H,13,16,19-20H2,1-3H3,(H,35,36);/q;+1/p-1/t21-,30+;/m0./s1. The number of hydrogen-bond acceptors (Lipinski definition) is 6. The molecule has 1 N–H and O–H groups in total. The Hall–Kier alpha value is -2.06. The van der Waals surface area contributed by atoms with Crippen LogP contribution < -0.4 is 39.4 Å². The minimum Gasteiger partial charge on any atom is -0.550 e. The van der Waals surface area contributed by atoms with Crippen LogP contribution >= 0.6 is 23.4 Å². The SMILES string of the molecule is C[C@@H](CS[C@H](CCc1ccccc1C(C)(C)O)c1cccc(OCc2ccc3ccc(Cl)cc3n2)c1)C(=O)[O-].[Na+]. The molecule has 0 aliphatic rings. The summed E-state index contributed by atoms with van der Waals surface area (Å²) in [5.74, 6) is -0.451. The number of carboxylic acids is 1. The van der Waals surface area contributed by atoms with Gasteiger partial charge in [-0.3, -0.25) is 0 Å². The Labute approximate surface area is 267 Å². The van der Waals surface area contributed by atoms with E-state index in [-0.39, 0.29) is 34.8 Å². The third-order valence-corrected chi connectivity index (χ3v) is 8.47. The smallest absolute Gasteiger partial charge is 0.550 e. The molecule has 8 heteroatoms. The van der Waals surface area contributed by atoms with E-state index in [0.29, 0.717) is 17.4 Å². The number of fused-ring (bicyclic) bond motifs is 1. The van der Waals surface area contributed by atoms with Crippen molar-refractivity contribution in [2.45, 2.75) is 51.1 Å². The minimum absolute atomic E-state index is 0. The molecular weight excluding hydrogens is 553 g/mol. The summed E-state index contributed by atoms with van der Waals surface area (Å²) in [4.78, 5) is 16.0. The van der Waals surface area contributed by atoms with E-state index < -0.39 is 17.5 Å². The molecule has 0 aliphatic carbocycles. The van der Waals surface area contributed by atoms with Gasteiger partial charge in [-0.25, -0.2) is 4.98 Å². The van der Waals surface area contributed by atoms with Gasteiger partial charge in [-0.15, -0.1) is 0 Å². The zero-order valence-electron chi connectivity index (χ0n) is 23.4. The van der Waals surface area contributed by atoms with Crippen LogP contribution in [0.2, 0.25) is 5.02 Å². The molecule has 0 unspecified atom stereocenters. The second kappa shape index (κ2) is 14.7. The number of ether oxygens (including phenoxy) is 1. The first-order valence-corrected chi connectivity index (χ1v) is 14.4. The number of aliphatic carboxylic acids is 1. The number of nitrogens with zero attached hydrogens (tertiary/aromatic N) is 1. The number of carbonyl (C=O) groups is 1. The number of halogens is 1. The van der Waals surface area contributed by atoms with Gasteiger partial charge in [0, 0.05) is 33.3 Å². The van der Waals surface area contributed by atoms with Crippen LogP contribution in [0.4, 0.5) is 0 Å². The first kappa shape index (κ1) is 32.5. The summed E-state index contributed by atoms with van der Waals surface area (Å²) in [5.41, 5.74) is 3.71. The minimum atomic E-state index is -1.05. The van der Waals surface area contributed by atoms with Crippen LogP contribution in [0.3, 0.4) is 0 Å². The van der Waals surface area contributed by atoms with Crippen molar-refractivity contribution in [1.82, 2.24) is 4.98 Å². The summed E-state index contributed by atoms with van der Waals surface area (Å²) >= 11 is 7.73. The fourth-order valence-electron chi connectivity index (χ4n) is 4.47. The largest absolute Gasteiger partial charge is 1.00 e. The first-order valence-electron chi connectivity index (χ1n) is 13.0. The Morgan fingerprint density at radius 1 is 1.07 bits per heavy atom. The van der Waals surface area contributed by atoms with Gasteiger partial charge in [-0.1, -0.05) is 67.1 Å². The van der Waals surface area contributed by atoms with Crippen LogP contribution in [0.15, 0.2) is 78.9 Å². The molecule has 4 aromatic rings. The van der Waals surface area contributed by atoms with Crippen molar-refractivity contribution in [3.63, 3.8) is 0 Å². The summed E-state index contributed by atoms with van der Waals surface area (Å²) < 4.78 is 6.11. The molecule has 3 aromatic carbocycles. The fourth-order valence-corrected chi connectivity index (χ4v) is 5.92. The van der Waals surface area contributed by atoms with Crippen molar-refractivity contribution < 1.29 is 49.3 Å². The number of pyridine rings is 1. The van der Waals surface area contributed by atoms with Crippen molar-refractivity contribution in [3.8, 4) is 5.75 Å². The van der Waals surface area contributed by atoms with E-state index in [2.05, 4.69) is 4.98 Å². The molecule has 0 aliphatic heterocycles. The van der Waals surface area contributed by atoms with Gasteiger partial charge in [0.15, 0.2) is 0 Å². The number of aryl methyl sites for hydroxylation is 1. The van der Waals surface area contributed by atoms with Crippen molar-refractivity contribution in [2.24, 2.45) is 5.92 Å². The summed E-state index contributed by atoms with van der Waals surface area (Å²) in [6.07, 6.45) is 1.51. The second-order valence-electron chi connectivity index (χ2n) is 10.3. The maximum absolute atomic E-state index is 11.4. The van der Waals surface area contributed by atoms with Gasteiger partial charge in [0.25, 0.3) is 0 Å². The van der Waals surface area contributed by atoms with Crippen molar-refractivity contribution in [1.29, 1.82) is 0 Å². The molecule has 1 aromatic heterocycles. The number of benzene rings is 3. The topological polar surface area (TPSA) is 82.5 Å². The van der Waals surface area contributed by atoms with Gasteiger partial charge >= 0.3 is 29.6 Å². The number of rotatable bonds is 12. The summed E-state index contributed by atoms with van der Waals surface area (Å²) in [6, 6.07) is 25.4. The number of thioether (sulfide) groups is 1. The third kappa shape index (κ3) is 8.97. The van der Waals surface area contributed by atoms with E-state index >= 15 is 0 Å². The zero-order chi connectivity index (χ0) is 28.0. The molecule has 0 spiro atoms. The van der Waals surface area contributed by atoms with Gasteiger partial charge < -0.3 is 19.7 Å². The van der Waals surface area contributed by atoms with E-state index in [9.17, 15) is 15.0 Å². The molecule has 0 fully saturated rings. The van der Waals surface area contributed by atoms with E-state index in [0.717, 1.165) is 51.9 Å². The Bertz CT molecular complexity index is 1440. The molecule has 4 rings (SSSR count). The van der Waals surface area contributed by atoms with Crippen LogP contribution in [0.1, 0.15) is 54.8 Å². The number of aromatic nitrogens is 1. The Morgan fingerprint density at radius 2 is 1.82 bits per heavy atom. The van der Waals surface area contributed by atoms with Crippen LogP contribution in [0.25, 0.3) is 10.9 Å². The predicted octanol–water partition coefficient (Wildman–Crippen LogP) is 3.49. The van der Waals surface area contributed by atoms with Gasteiger partial charge in [-0.2, -0.15) is 11.8 Å². The van der Waals surface area contributed by atoms with Crippen molar-refractivity contribution in [3.05, 3.63) is 106 Å². The number of hydrogen-bond donors (Lipinski definition) is 1. The van der Waals surface area contributed by atoms with E-state index in [1.54, 1.807) is 32.5 Å². The maximum Gasteiger partial charge on any atom is 1.00 e. The molecule has 0 radical (unpaired) electrons. The van der Waals surface area contributed by atoms with Gasteiger partial charge in [0.1, 0.15) is 12.4 Å². The predicted molar refractivity (Wildman–Crippen MR) is 157 cm³/mol. The van der Waals surface area contributed by atoms with E-state index in [1.807, 2.05) is 78.9 Å². The first-order chi connectivity index (χ1) is 18.6. The molecule has 0 saturated carbocycles. The van der Waals surface area contributed by atoms with E-state index in [4.69, 9.17) is 16.3 Å². The second-order valence-corrected chi connectivity index (χ2v) is 12.0. The fraction of sp³-hybridized carbons (Fsp3) is 0.312. The van der Waals surface area contributed by atoms with Crippen LogP contribution in [-0.2, 0) is 23.4 Å².